The first-order valence-electron chi connectivity index (χ1n) is 9.87. The molecule has 0 aliphatic heterocycles. The predicted molar refractivity (Wildman–Crippen MR) is 133 cm³/mol. The number of imidazole rings is 1. The zero-order valence-electron chi connectivity index (χ0n) is 17.5. The second-order valence-electron chi connectivity index (χ2n) is 7.12. The van der Waals surface area contributed by atoms with Gasteiger partial charge in [0.2, 0.25) is 0 Å². The number of benzene rings is 3. The molecule has 7 nitrogen and oxygen atoms in total. The van der Waals surface area contributed by atoms with E-state index >= 15 is 0 Å². The van der Waals surface area contributed by atoms with Crippen molar-refractivity contribution in [1.82, 2.24) is 9.97 Å². The van der Waals surface area contributed by atoms with Gasteiger partial charge in [-0.05, 0) is 76.2 Å². The van der Waals surface area contributed by atoms with Gasteiger partial charge >= 0.3 is 5.97 Å². The molecule has 0 aliphatic carbocycles. The maximum absolute atomic E-state index is 11.0. The van der Waals surface area contributed by atoms with Crippen LogP contribution in [0.15, 0.2) is 60.7 Å². The molecule has 0 saturated carbocycles. The first kappa shape index (κ1) is 22.4. The molecule has 1 heterocycles. The molecule has 4 aromatic rings. The highest BCUT2D eigenvalue weighted by atomic mass is 127. The number of hydrogen-bond acceptors (Lipinski definition) is 5. The third-order valence-corrected chi connectivity index (χ3v) is 5.77. The molecule has 1 aromatic heterocycles. The van der Waals surface area contributed by atoms with Crippen molar-refractivity contribution in [3.05, 3.63) is 86.7 Å². The molecule has 0 radical (unpaired) electrons. The van der Waals surface area contributed by atoms with Crippen molar-refractivity contribution >= 4 is 51.2 Å². The molecule has 0 unspecified atom stereocenters. The number of nitrogens with one attached hydrogen (secondary N) is 1. The van der Waals surface area contributed by atoms with Crippen LogP contribution < -0.4 is 9.47 Å². The lowest BCUT2D eigenvalue weighted by Crippen LogP contribution is -1.99. The van der Waals surface area contributed by atoms with E-state index in [1.165, 1.54) is 0 Å². The third kappa shape index (κ3) is 5.15. The second kappa shape index (κ2) is 9.75. The van der Waals surface area contributed by atoms with Gasteiger partial charge in [-0.2, -0.15) is 5.26 Å². The number of aromatic nitrogens is 2. The number of rotatable bonds is 7. The molecule has 164 valence electrons. The monoisotopic (exact) mass is 551 g/mol. The number of carboxylic acid groups (broad SMARTS) is 1. The number of carbonyl (C=O) groups is 1. The van der Waals surface area contributed by atoms with Crippen molar-refractivity contribution in [3.63, 3.8) is 0 Å². The summed E-state index contributed by atoms with van der Waals surface area (Å²) in [4.78, 5) is 18.6. The summed E-state index contributed by atoms with van der Waals surface area (Å²) >= 11 is 2.18. The van der Waals surface area contributed by atoms with E-state index in [4.69, 9.17) is 14.6 Å². The lowest BCUT2D eigenvalue weighted by molar-refractivity contribution is 0.0697. The number of ether oxygens (including phenoxy) is 2. The van der Waals surface area contributed by atoms with E-state index in [-0.39, 0.29) is 5.56 Å². The Morgan fingerprint density at radius 3 is 2.64 bits per heavy atom. The van der Waals surface area contributed by atoms with Gasteiger partial charge in [0.1, 0.15) is 30.0 Å². The Balaban J connectivity index is 1.51. The summed E-state index contributed by atoms with van der Waals surface area (Å²) in [5, 5.41) is 18.7. The topological polar surface area (TPSA) is 108 Å². The van der Waals surface area contributed by atoms with Gasteiger partial charge in [0.15, 0.2) is 0 Å². The third-order valence-electron chi connectivity index (χ3n) is 4.93. The van der Waals surface area contributed by atoms with Crippen molar-refractivity contribution in [2.45, 2.75) is 6.61 Å². The van der Waals surface area contributed by atoms with Crippen LogP contribution in [0.2, 0.25) is 0 Å². The molecule has 2 N–H and O–H groups in total. The normalized spacial score (nSPS) is 11.2. The minimum absolute atomic E-state index is 0.237. The molecule has 0 spiro atoms. The van der Waals surface area contributed by atoms with Gasteiger partial charge in [-0.15, -0.1) is 0 Å². The van der Waals surface area contributed by atoms with Gasteiger partial charge in [-0.1, -0.05) is 18.2 Å². The number of aromatic amines is 1. The molecule has 3 aromatic carbocycles. The smallest absolute Gasteiger partial charge is 0.335 e. The first-order chi connectivity index (χ1) is 16.0. The Labute approximate surface area is 203 Å². The molecule has 0 saturated heterocycles. The van der Waals surface area contributed by atoms with Gasteiger partial charge in [0.25, 0.3) is 0 Å². The summed E-state index contributed by atoms with van der Waals surface area (Å²) in [6, 6.07) is 19.9. The number of allylic oxidation sites excluding steroid dienone is 1. The highest BCUT2D eigenvalue weighted by molar-refractivity contribution is 14.1. The number of carboxylic acids is 1. The Kier molecular flexibility index (Phi) is 6.60. The number of fused-ring (bicyclic) bond motifs is 1. The van der Waals surface area contributed by atoms with Crippen molar-refractivity contribution in [1.29, 1.82) is 5.26 Å². The van der Waals surface area contributed by atoms with Crippen LogP contribution in [0, 0.1) is 14.9 Å². The number of methoxy groups -OCH3 is 1. The molecule has 0 fully saturated rings. The molecule has 8 heteroatoms. The number of hydrogen-bond donors (Lipinski definition) is 2. The number of aromatic carboxylic acids is 1. The number of halogens is 1. The Morgan fingerprint density at radius 1 is 1.18 bits per heavy atom. The van der Waals surface area contributed by atoms with Crippen LogP contribution in [0.25, 0.3) is 22.7 Å². The summed E-state index contributed by atoms with van der Waals surface area (Å²) in [5.41, 5.74) is 3.90. The summed E-state index contributed by atoms with van der Waals surface area (Å²) in [6.07, 6.45) is 1.77. The van der Waals surface area contributed by atoms with Gasteiger partial charge in [-0.3, -0.25) is 0 Å². The maximum atomic E-state index is 11.0. The van der Waals surface area contributed by atoms with Crippen LogP contribution in [0.5, 0.6) is 11.5 Å². The maximum Gasteiger partial charge on any atom is 0.335 e. The molecule has 33 heavy (non-hydrogen) atoms. The zero-order valence-corrected chi connectivity index (χ0v) is 19.7. The Hall–Kier alpha value is -3.84. The van der Waals surface area contributed by atoms with Crippen molar-refractivity contribution in [3.8, 4) is 17.6 Å². The van der Waals surface area contributed by atoms with E-state index in [0.29, 0.717) is 29.5 Å². The van der Waals surface area contributed by atoms with E-state index in [1.54, 1.807) is 37.5 Å². The zero-order chi connectivity index (χ0) is 23.4. The van der Waals surface area contributed by atoms with Crippen LogP contribution in [-0.2, 0) is 6.61 Å². The minimum atomic E-state index is -0.959. The number of H-pyrrole nitrogens is 1. The predicted octanol–water partition coefficient (Wildman–Crippen LogP) is 5.52. The Bertz CT molecular complexity index is 1400. The summed E-state index contributed by atoms with van der Waals surface area (Å²) in [7, 11) is 1.60. The fourth-order valence-electron chi connectivity index (χ4n) is 3.19. The fourth-order valence-corrected chi connectivity index (χ4v) is 3.89. The van der Waals surface area contributed by atoms with Crippen LogP contribution >= 0.6 is 22.6 Å². The molecular formula is C25H18IN3O4. The van der Waals surface area contributed by atoms with Crippen molar-refractivity contribution in [2.24, 2.45) is 0 Å². The lowest BCUT2D eigenvalue weighted by atomic mass is 10.1. The average Bonchev–Trinajstić information content (AvgIpc) is 3.25. The molecule has 0 bridgehead atoms. The first-order valence-corrected chi connectivity index (χ1v) is 10.9. The average molecular weight is 551 g/mol. The molecule has 0 amide bonds. The minimum Gasteiger partial charge on any atom is -0.497 e. The lowest BCUT2D eigenvalue weighted by Gasteiger charge is -2.09. The summed E-state index contributed by atoms with van der Waals surface area (Å²) < 4.78 is 12.0. The highest BCUT2D eigenvalue weighted by Crippen LogP contribution is 2.26. The SMILES string of the molecule is COc1ccc2nc(/C(C#N)=C\c3ccc(OCc4ccc(C(=O)O)cc4)c(I)c3)[nH]c2c1. The van der Waals surface area contributed by atoms with Crippen LogP contribution in [0.4, 0.5) is 0 Å². The van der Waals surface area contributed by atoms with E-state index in [0.717, 1.165) is 25.7 Å². The van der Waals surface area contributed by atoms with Gasteiger partial charge in [0, 0.05) is 6.07 Å². The highest BCUT2D eigenvalue weighted by Gasteiger charge is 2.10. The Morgan fingerprint density at radius 2 is 1.97 bits per heavy atom. The van der Waals surface area contributed by atoms with Crippen LogP contribution in [-0.4, -0.2) is 28.2 Å². The largest absolute Gasteiger partial charge is 0.497 e. The van der Waals surface area contributed by atoms with Crippen molar-refractivity contribution in [2.75, 3.05) is 7.11 Å². The van der Waals surface area contributed by atoms with Crippen LogP contribution in [0.3, 0.4) is 0 Å². The fraction of sp³-hybridized carbons (Fsp3) is 0.0800. The van der Waals surface area contributed by atoms with Crippen molar-refractivity contribution < 1.29 is 19.4 Å². The van der Waals surface area contributed by atoms with E-state index in [9.17, 15) is 10.1 Å². The van der Waals surface area contributed by atoms with Gasteiger partial charge in [0.05, 0.1) is 32.8 Å². The molecular weight excluding hydrogens is 533 g/mol. The number of nitrogens with zero attached hydrogens (tertiary/aromatic N) is 2. The van der Waals surface area contributed by atoms with E-state index < -0.39 is 5.97 Å². The number of nitriles is 1. The van der Waals surface area contributed by atoms with Gasteiger partial charge < -0.3 is 19.6 Å². The molecule has 4 rings (SSSR count). The van der Waals surface area contributed by atoms with E-state index in [1.807, 2.05) is 36.4 Å². The van der Waals surface area contributed by atoms with Gasteiger partial charge in [-0.25, -0.2) is 9.78 Å². The molecule has 0 aliphatic rings. The van der Waals surface area contributed by atoms with E-state index in [2.05, 4.69) is 38.6 Å². The summed E-state index contributed by atoms with van der Waals surface area (Å²) in [6.45, 7) is 0.316. The molecule has 0 atom stereocenters. The van der Waals surface area contributed by atoms with Crippen LogP contribution in [0.1, 0.15) is 27.3 Å². The summed E-state index contributed by atoms with van der Waals surface area (Å²) in [5.74, 6) is 0.938. The standard InChI is InChI=1S/C25H18IN3O4/c1-32-19-7-8-21-22(12-19)29-24(28-21)18(13-27)10-16-4-9-23(20(26)11-16)33-14-15-2-5-17(6-3-15)25(30)31/h2-12H,14H2,1H3,(H,28,29)(H,30,31)/b18-10-. The second-order valence-corrected chi connectivity index (χ2v) is 8.28. The quantitative estimate of drug-likeness (QED) is 0.232.